The molecule has 1 fully saturated rings. The first-order chi connectivity index (χ1) is 9.23. The molecule has 1 saturated heterocycles. The Hall–Kier alpha value is -2.12. The van der Waals surface area contributed by atoms with Crippen LogP contribution in [0.15, 0.2) is 0 Å². The van der Waals surface area contributed by atoms with Crippen LogP contribution in [0.1, 0.15) is 27.2 Å². The van der Waals surface area contributed by atoms with E-state index in [1.807, 2.05) is 0 Å². The first kappa shape index (κ1) is 15.9. The van der Waals surface area contributed by atoms with Gasteiger partial charge in [0.15, 0.2) is 0 Å². The highest BCUT2D eigenvalue weighted by Gasteiger charge is 2.36. The number of amides is 4. The summed E-state index contributed by atoms with van der Waals surface area (Å²) < 4.78 is 0. The van der Waals surface area contributed by atoms with Crippen LogP contribution in [0, 0.1) is 0 Å². The number of carbonyl (C=O) groups excluding carboxylic acids is 3. The molecule has 0 aromatic heterocycles. The number of hydrogen-bond donors (Lipinski definition) is 2. The molecule has 0 spiro atoms. The zero-order chi connectivity index (χ0) is 15.4. The van der Waals surface area contributed by atoms with Crippen LogP contribution in [-0.4, -0.2) is 63.9 Å². The summed E-state index contributed by atoms with van der Waals surface area (Å²) in [6.07, 6.45) is -0.188. The third kappa shape index (κ3) is 3.69. The molecule has 8 nitrogen and oxygen atoms in total. The quantitative estimate of drug-likeness (QED) is 0.686. The van der Waals surface area contributed by atoms with E-state index in [9.17, 15) is 19.2 Å². The Morgan fingerprint density at radius 1 is 1.45 bits per heavy atom. The lowest BCUT2D eigenvalue weighted by atomic mass is 10.2. The fourth-order valence-corrected chi connectivity index (χ4v) is 1.90. The summed E-state index contributed by atoms with van der Waals surface area (Å²) in [5.74, 6) is -2.08. The van der Waals surface area contributed by atoms with Crippen molar-refractivity contribution in [3.63, 3.8) is 0 Å². The average Bonchev–Trinajstić information content (AvgIpc) is 2.32. The van der Waals surface area contributed by atoms with Crippen molar-refractivity contribution < 1.29 is 24.3 Å². The molecule has 1 unspecified atom stereocenters. The van der Waals surface area contributed by atoms with Crippen molar-refractivity contribution in [1.82, 2.24) is 15.1 Å². The van der Waals surface area contributed by atoms with Crippen molar-refractivity contribution in [3.05, 3.63) is 0 Å². The van der Waals surface area contributed by atoms with Gasteiger partial charge in [-0.1, -0.05) is 0 Å². The van der Waals surface area contributed by atoms with Gasteiger partial charge in [-0.3, -0.25) is 19.7 Å². The SMILES string of the molecule is CC(C)N(CCC(=O)O)C(=O)N1CC(=O)NC(=O)C1C. The van der Waals surface area contributed by atoms with Crippen molar-refractivity contribution in [3.8, 4) is 0 Å². The number of carboxylic acid groups (broad SMARTS) is 1. The molecule has 1 rings (SSSR count). The number of carbonyl (C=O) groups is 4. The van der Waals surface area contributed by atoms with Gasteiger partial charge in [0.1, 0.15) is 12.6 Å². The largest absolute Gasteiger partial charge is 0.481 e. The van der Waals surface area contributed by atoms with Gasteiger partial charge < -0.3 is 14.9 Å². The third-order valence-electron chi connectivity index (χ3n) is 3.10. The Morgan fingerprint density at radius 2 is 2.05 bits per heavy atom. The number of nitrogens with zero attached hydrogens (tertiary/aromatic N) is 2. The first-order valence-electron chi connectivity index (χ1n) is 6.36. The molecule has 1 heterocycles. The van der Waals surface area contributed by atoms with Crippen molar-refractivity contribution in [2.75, 3.05) is 13.1 Å². The zero-order valence-electron chi connectivity index (χ0n) is 11.8. The van der Waals surface area contributed by atoms with E-state index in [-0.39, 0.29) is 25.6 Å². The molecule has 8 heteroatoms. The molecular formula is C12H19N3O5. The number of aliphatic carboxylic acids is 1. The Bertz CT molecular complexity index is 435. The molecule has 0 bridgehead atoms. The molecule has 0 aliphatic carbocycles. The van der Waals surface area contributed by atoms with E-state index in [1.165, 1.54) is 11.8 Å². The molecule has 1 atom stereocenters. The summed E-state index contributed by atoms with van der Waals surface area (Å²) in [5.41, 5.74) is 0. The van der Waals surface area contributed by atoms with Crippen molar-refractivity contribution >= 4 is 23.8 Å². The Kier molecular flexibility index (Phi) is 5.06. The smallest absolute Gasteiger partial charge is 0.321 e. The second-order valence-corrected chi connectivity index (χ2v) is 4.93. The van der Waals surface area contributed by atoms with Crippen LogP contribution < -0.4 is 5.32 Å². The summed E-state index contributed by atoms with van der Waals surface area (Å²) in [6, 6.07) is -1.49. The van der Waals surface area contributed by atoms with Crippen molar-refractivity contribution in [2.45, 2.75) is 39.3 Å². The molecule has 1 aliphatic rings. The molecule has 0 radical (unpaired) electrons. The van der Waals surface area contributed by atoms with Crippen LogP contribution in [0.5, 0.6) is 0 Å². The van der Waals surface area contributed by atoms with Crippen LogP contribution in [0.2, 0.25) is 0 Å². The second-order valence-electron chi connectivity index (χ2n) is 4.93. The number of nitrogens with one attached hydrogen (secondary N) is 1. The lowest BCUT2D eigenvalue weighted by molar-refractivity contribution is -0.139. The third-order valence-corrected chi connectivity index (χ3v) is 3.10. The summed E-state index contributed by atoms with van der Waals surface area (Å²) in [7, 11) is 0. The van der Waals surface area contributed by atoms with Crippen LogP contribution in [0.4, 0.5) is 4.79 Å². The Morgan fingerprint density at radius 3 is 2.55 bits per heavy atom. The predicted molar refractivity (Wildman–Crippen MR) is 68.8 cm³/mol. The second kappa shape index (κ2) is 6.36. The van der Waals surface area contributed by atoms with E-state index in [1.54, 1.807) is 13.8 Å². The molecule has 0 saturated carbocycles. The Balaban J connectivity index is 2.84. The van der Waals surface area contributed by atoms with E-state index < -0.39 is 29.9 Å². The topological polar surface area (TPSA) is 107 Å². The van der Waals surface area contributed by atoms with E-state index in [0.717, 1.165) is 4.90 Å². The minimum Gasteiger partial charge on any atom is -0.481 e. The molecular weight excluding hydrogens is 266 g/mol. The van der Waals surface area contributed by atoms with Gasteiger partial charge in [-0.05, 0) is 20.8 Å². The van der Waals surface area contributed by atoms with Crippen LogP contribution in [0.25, 0.3) is 0 Å². The van der Waals surface area contributed by atoms with E-state index in [4.69, 9.17) is 5.11 Å². The lowest BCUT2D eigenvalue weighted by Crippen LogP contribution is -2.61. The summed E-state index contributed by atoms with van der Waals surface area (Å²) >= 11 is 0. The predicted octanol–water partition coefficient (Wildman–Crippen LogP) is -0.362. The van der Waals surface area contributed by atoms with Gasteiger partial charge in [-0.2, -0.15) is 0 Å². The van der Waals surface area contributed by atoms with Crippen LogP contribution in [0.3, 0.4) is 0 Å². The van der Waals surface area contributed by atoms with Crippen molar-refractivity contribution in [1.29, 1.82) is 0 Å². The normalized spacial score (nSPS) is 19.0. The van der Waals surface area contributed by atoms with Gasteiger partial charge in [-0.25, -0.2) is 4.79 Å². The molecule has 1 aliphatic heterocycles. The highest BCUT2D eigenvalue weighted by atomic mass is 16.4. The Labute approximate surface area is 116 Å². The van der Waals surface area contributed by atoms with Crippen LogP contribution >= 0.6 is 0 Å². The fourth-order valence-electron chi connectivity index (χ4n) is 1.90. The minimum atomic E-state index is -1.01. The van der Waals surface area contributed by atoms with Crippen LogP contribution in [-0.2, 0) is 14.4 Å². The zero-order valence-corrected chi connectivity index (χ0v) is 11.8. The van der Waals surface area contributed by atoms with Gasteiger partial charge in [0, 0.05) is 12.6 Å². The maximum Gasteiger partial charge on any atom is 0.321 e. The standard InChI is InChI=1S/C12H19N3O5/c1-7(2)14(5-4-10(17)18)12(20)15-6-9(16)13-11(19)8(15)3/h7-8H,4-6H2,1-3H3,(H,17,18)(H,13,16,19). The highest BCUT2D eigenvalue weighted by Crippen LogP contribution is 2.12. The van der Waals surface area contributed by atoms with E-state index >= 15 is 0 Å². The molecule has 112 valence electrons. The van der Waals surface area contributed by atoms with Gasteiger partial charge in [0.2, 0.25) is 11.8 Å². The summed E-state index contributed by atoms with van der Waals surface area (Å²) in [6.45, 7) is 4.84. The number of piperazine rings is 1. The molecule has 2 N–H and O–H groups in total. The summed E-state index contributed by atoms with van der Waals surface area (Å²) in [5, 5.41) is 10.9. The number of imide groups is 1. The maximum atomic E-state index is 12.4. The first-order valence-corrected chi connectivity index (χ1v) is 6.36. The van der Waals surface area contributed by atoms with E-state index in [2.05, 4.69) is 5.32 Å². The number of hydrogen-bond acceptors (Lipinski definition) is 4. The van der Waals surface area contributed by atoms with Gasteiger partial charge in [-0.15, -0.1) is 0 Å². The average molecular weight is 285 g/mol. The van der Waals surface area contributed by atoms with E-state index in [0.29, 0.717) is 0 Å². The lowest BCUT2D eigenvalue weighted by Gasteiger charge is -2.37. The number of carboxylic acids is 1. The monoisotopic (exact) mass is 285 g/mol. The molecule has 0 aromatic rings. The fraction of sp³-hybridized carbons (Fsp3) is 0.667. The maximum absolute atomic E-state index is 12.4. The van der Waals surface area contributed by atoms with Gasteiger partial charge in [0.05, 0.1) is 6.42 Å². The summed E-state index contributed by atoms with van der Waals surface area (Å²) in [4.78, 5) is 48.4. The van der Waals surface area contributed by atoms with Crippen molar-refractivity contribution in [2.24, 2.45) is 0 Å². The number of urea groups is 1. The van der Waals surface area contributed by atoms with Gasteiger partial charge in [0.25, 0.3) is 0 Å². The molecule has 0 aromatic carbocycles. The molecule has 4 amide bonds. The highest BCUT2D eigenvalue weighted by molar-refractivity contribution is 6.03. The number of rotatable bonds is 4. The minimum absolute atomic E-state index is 0.0326. The van der Waals surface area contributed by atoms with Gasteiger partial charge >= 0.3 is 12.0 Å². The molecule has 20 heavy (non-hydrogen) atoms.